The minimum Gasteiger partial charge on any atom is -0.346 e. The average molecular weight is 362 g/mol. The summed E-state index contributed by atoms with van der Waals surface area (Å²) in [5.41, 5.74) is 1.54. The van der Waals surface area contributed by atoms with Crippen LogP contribution in [0.15, 0.2) is 83.9 Å². The van der Waals surface area contributed by atoms with E-state index in [1.54, 1.807) is 41.7 Å². The number of hydrogen-bond acceptors (Lipinski definition) is 3. The number of hydrogen-bond donors (Lipinski definition) is 2. The van der Waals surface area contributed by atoms with Crippen LogP contribution in [-0.4, -0.2) is 11.8 Å². The summed E-state index contributed by atoms with van der Waals surface area (Å²) in [5, 5.41) is 7.53. The summed E-state index contributed by atoms with van der Waals surface area (Å²) in [4.78, 5) is 26.1. The molecule has 2 amide bonds. The highest BCUT2D eigenvalue weighted by molar-refractivity contribution is 7.09. The largest absolute Gasteiger partial charge is 0.346 e. The molecule has 0 aliphatic rings. The van der Waals surface area contributed by atoms with Crippen LogP contribution in [0.3, 0.4) is 0 Å². The third kappa shape index (κ3) is 4.91. The number of rotatable bonds is 6. The van der Waals surface area contributed by atoms with Gasteiger partial charge in [0.2, 0.25) is 0 Å². The van der Waals surface area contributed by atoms with Crippen molar-refractivity contribution in [1.82, 2.24) is 10.6 Å². The highest BCUT2D eigenvalue weighted by atomic mass is 32.1. The van der Waals surface area contributed by atoms with Crippen molar-refractivity contribution in [3.63, 3.8) is 0 Å². The Kier molecular flexibility index (Phi) is 5.96. The fraction of sp³-hybridized carbons (Fsp3) is 0.0476. The zero-order valence-corrected chi connectivity index (χ0v) is 14.8. The fourth-order valence-electron chi connectivity index (χ4n) is 2.33. The Morgan fingerprint density at radius 1 is 0.885 bits per heavy atom. The molecule has 130 valence electrons. The van der Waals surface area contributed by atoms with Gasteiger partial charge in [-0.15, -0.1) is 11.3 Å². The third-order valence-electron chi connectivity index (χ3n) is 3.64. The molecule has 0 bridgehead atoms. The second-order valence-corrected chi connectivity index (χ2v) is 6.58. The molecule has 0 saturated heterocycles. The summed E-state index contributed by atoms with van der Waals surface area (Å²) in [6, 6.07) is 22.1. The Bertz CT molecular complexity index is 888. The zero-order valence-electron chi connectivity index (χ0n) is 14.0. The fourth-order valence-corrected chi connectivity index (χ4v) is 2.98. The molecule has 3 rings (SSSR count). The van der Waals surface area contributed by atoms with Crippen molar-refractivity contribution in [2.45, 2.75) is 6.54 Å². The van der Waals surface area contributed by atoms with Crippen molar-refractivity contribution in [3.8, 4) is 0 Å². The highest BCUT2D eigenvalue weighted by Gasteiger charge is 2.14. The van der Waals surface area contributed by atoms with Crippen molar-refractivity contribution < 1.29 is 9.59 Å². The summed E-state index contributed by atoms with van der Waals surface area (Å²) in [7, 11) is 0. The summed E-state index contributed by atoms with van der Waals surface area (Å²) < 4.78 is 0. The molecule has 0 unspecified atom stereocenters. The van der Waals surface area contributed by atoms with E-state index in [9.17, 15) is 9.59 Å². The maximum atomic E-state index is 12.6. The number of thiophene rings is 1. The maximum Gasteiger partial charge on any atom is 0.268 e. The second-order valence-electron chi connectivity index (χ2n) is 5.55. The molecule has 2 aromatic carbocycles. The van der Waals surface area contributed by atoms with E-state index in [1.165, 1.54) is 0 Å². The van der Waals surface area contributed by atoms with Crippen LogP contribution in [0.1, 0.15) is 20.8 Å². The van der Waals surface area contributed by atoms with Crippen LogP contribution in [0.5, 0.6) is 0 Å². The normalized spacial score (nSPS) is 11.0. The van der Waals surface area contributed by atoms with E-state index >= 15 is 0 Å². The van der Waals surface area contributed by atoms with Crippen molar-refractivity contribution >= 4 is 29.2 Å². The molecule has 0 aliphatic carbocycles. The SMILES string of the molecule is O=C(NCc1cccs1)/C(=C/c1ccccc1)NC(=O)c1ccccc1. The molecule has 0 fully saturated rings. The topological polar surface area (TPSA) is 58.2 Å². The first-order chi connectivity index (χ1) is 12.7. The molecule has 4 nitrogen and oxygen atoms in total. The minimum absolute atomic E-state index is 0.210. The van der Waals surface area contributed by atoms with Gasteiger partial charge in [-0.1, -0.05) is 54.6 Å². The highest BCUT2D eigenvalue weighted by Crippen LogP contribution is 2.10. The lowest BCUT2D eigenvalue weighted by molar-refractivity contribution is -0.117. The first-order valence-corrected chi connectivity index (χ1v) is 9.04. The molecule has 3 aromatic rings. The monoisotopic (exact) mass is 362 g/mol. The quantitative estimate of drug-likeness (QED) is 0.655. The average Bonchev–Trinajstić information content (AvgIpc) is 3.20. The van der Waals surface area contributed by atoms with Gasteiger partial charge in [-0.05, 0) is 35.2 Å². The molecule has 1 aromatic heterocycles. The van der Waals surface area contributed by atoms with Gasteiger partial charge in [0.15, 0.2) is 0 Å². The van der Waals surface area contributed by atoms with Crippen LogP contribution >= 0.6 is 11.3 Å². The minimum atomic E-state index is -0.327. The van der Waals surface area contributed by atoms with Crippen LogP contribution in [0.2, 0.25) is 0 Å². The van der Waals surface area contributed by atoms with E-state index in [1.807, 2.05) is 53.9 Å². The molecule has 5 heteroatoms. The third-order valence-corrected chi connectivity index (χ3v) is 4.52. The Balaban J connectivity index is 1.78. The molecule has 0 aliphatic heterocycles. The summed E-state index contributed by atoms with van der Waals surface area (Å²) in [6.07, 6.45) is 1.67. The van der Waals surface area contributed by atoms with Gasteiger partial charge in [0.05, 0.1) is 6.54 Å². The molecule has 0 spiro atoms. The predicted molar refractivity (Wildman–Crippen MR) is 104 cm³/mol. The van der Waals surface area contributed by atoms with E-state index < -0.39 is 0 Å². The molecular weight excluding hydrogens is 344 g/mol. The molecule has 26 heavy (non-hydrogen) atoms. The van der Waals surface area contributed by atoms with Crippen LogP contribution in [0.25, 0.3) is 6.08 Å². The standard InChI is InChI=1S/C21H18N2O2S/c24-20(17-10-5-2-6-11-17)23-19(14-16-8-3-1-4-9-16)21(25)22-15-18-12-7-13-26-18/h1-14H,15H2,(H,22,25)(H,23,24)/b19-14-. The Morgan fingerprint density at radius 3 is 2.23 bits per heavy atom. The van der Waals surface area contributed by atoms with Crippen molar-refractivity contribution in [2.75, 3.05) is 0 Å². The van der Waals surface area contributed by atoms with E-state index in [4.69, 9.17) is 0 Å². The maximum absolute atomic E-state index is 12.6. The van der Waals surface area contributed by atoms with Gasteiger partial charge in [-0.2, -0.15) is 0 Å². The van der Waals surface area contributed by atoms with Crippen LogP contribution < -0.4 is 10.6 Å². The molecule has 0 saturated carbocycles. The van der Waals surface area contributed by atoms with Gasteiger partial charge in [0.25, 0.3) is 11.8 Å². The summed E-state index contributed by atoms with van der Waals surface area (Å²) in [5.74, 6) is -0.648. The zero-order chi connectivity index (χ0) is 18.2. The first-order valence-electron chi connectivity index (χ1n) is 8.16. The smallest absolute Gasteiger partial charge is 0.268 e. The van der Waals surface area contributed by atoms with Crippen LogP contribution in [0.4, 0.5) is 0 Å². The van der Waals surface area contributed by atoms with E-state index in [0.717, 1.165) is 10.4 Å². The van der Waals surface area contributed by atoms with Crippen molar-refractivity contribution in [3.05, 3.63) is 99.9 Å². The molecule has 2 N–H and O–H groups in total. The summed E-state index contributed by atoms with van der Waals surface area (Å²) >= 11 is 1.57. The van der Waals surface area contributed by atoms with Crippen LogP contribution in [0, 0.1) is 0 Å². The van der Waals surface area contributed by atoms with Crippen LogP contribution in [-0.2, 0) is 11.3 Å². The molecule has 0 atom stereocenters. The lowest BCUT2D eigenvalue weighted by Crippen LogP contribution is -2.34. The van der Waals surface area contributed by atoms with Gasteiger partial charge < -0.3 is 10.6 Å². The molecule has 0 radical (unpaired) electrons. The number of nitrogens with one attached hydrogen (secondary N) is 2. The number of benzene rings is 2. The van der Waals surface area contributed by atoms with Gasteiger partial charge in [-0.25, -0.2) is 0 Å². The number of carbonyl (C=O) groups excluding carboxylic acids is 2. The van der Waals surface area contributed by atoms with E-state index in [-0.39, 0.29) is 17.5 Å². The Labute approximate surface area is 156 Å². The van der Waals surface area contributed by atoms with Gasteiger partial charge in [0.1, 0.15) is 5.70 Å². The van der Waals surface area contributed by atoms with E-state index in [0.29, 0.717) is 12.1 Å². The lowest BCUT2D eigenvalue weighted by atomic mass is 10.1. The Morgan fingerprint density at radius 2 is 1.58 bits per heavy atom. The summed E-state index contributed by atoms with van der Waals surface area (Å²) in [6.45, 7) is 0.420. The lowest BCUT2D eigenvalue weighted by Gasteiger charge is -2.11. The number of amides is 2. The molecular formula is C21H18N2O2S. The van der Waals surface area contributed by atoms with Gasteiger partial charge >= 0.3 is 0 Å². The van der Waals surface area contributed by atoms with Crippen molar-refractivity contribution in [1.29, 1.82) is 0 Å². The Hall–Kier alpha value is -3.18. The second kappa shape index (κ2) is 8.78. The number of carbonyl (C=O) groups is 2. The van der Waals surface area contributed by atoms with Gasteiger partial charge in [-0.3, -0.25) is 9.59 Å². The van der Waals surface area contributed by atoms with Crippen molar-refractivity contribution in [2.24, 2.45) is 0 Å². The first kappa shape index (κ1) is 17.6. The molecule has 1 heterocycles. The van der Waals surface area contributed by atoms with Gasteiger partial charge in [0, 0.05) is 10.4 Å². The van der Waals surface area contributed by atoms with E-state index in [2.05, 4.69) is 10.6 Å². The predicted octanol–water partition coefficient (Wildman–Crippen LogP) is 3.84.